The molecule has 0 saturated carbocycles. The molecule has 11 aromatic rings. The molecule has 1 heterocycles. The summed E-state index contributed by atoms with van der Waals surface area (Å²) in [6.07, 6.45) is 0. The third kappa shape index (κ3) is 5.79. The van der Waals surface area contributed by atoms with E-state index < -0.39 is 0 Å². The van der Waals surface area contributed by atoms with E-state index in [0.29, 0.717) is 0 Å². The monoisotopic (exact) mass is 844 g/mol. The van der Waals surface area contributed by atoms with Gasteiger partial charge in [-0.3, -0.25) is 0 Å². The lowest BCUT2D eigenvalue weighted by Crippen LogP contribution is -2.17. The SMILES string of the molecule is CC1(C)c2cc(-c3ccccc3)ccc2-c2ccc(C(c3ccc4c(c3)C(C)(C)c3cc(-c5ccccc5)ccc3-4)c3ccc(-c4ccc5c(c4)oc4ccccc45)c4ccccc34)cc21. The van der Waals surface area contributed by atoms with Crippen LogP contribution in [0, 0.1) is 0 Å². The Morgan fingerprint density at radius 1 is 0.303 bits per heavy atom. The van der Waals surface area contributed by atoms with Crippen molar-refractivity contribution in [2.45, 2.75) is 44.4 Å². The fraction of sp³-hybridized carbons (Fsp3) is 0.108. The van der Waals surface area contributed by atoms with E-state index in [0.717, 1.165) is 27.5 Å². The molecule has 10 aromatic carbocycles. The molecular formula is C65H48O. The molecule has 0 atom stereocenters. The van der Waals surface area contributed by atoms with Gasteiger partial charge in [0.15, 0.2) is 0 Å². The molecule has 66 heavy (non-hydrogen) atoms. The van der Waals surface area contributed by atoms with Gasteiger partial charge in [-0.25, -0.2) is 0 Å². The molecule has 0 radical (unpaired) electrons. The van der Waals surface area contributed by atoms with Gasteiger partial charge >= 0.3 is 0 Å². The Balaban J connectivity index is 0.984. The van der Waals surface area contributed by atoms with Gasteiger partial charge in [-0.05, 0) is 136 Å². The van der Waals surface area contributed by atoms with Gasteiger partial charge in [0.25, 0.3) is 0 Å². The minimum atomic E-state index is -0.185. The molecule has 1 nitrogen and oxygen atoms in total. The second-order valence-corrected chi connectivity index (χ2v) is 19.6. The zero-order valence-electron chi connectivity index (χ0n) is 37.7. The van der Waals surface area contributed by atoms with E-state index >= 15 is 0 Å². The lowest BCUT2D eigenvalue weighted by molar-refractivity contribution is 0.657. The first-order valence-corrected chi connectivity index (χ1v) is 23.4. The van der Waals surface area contributed by atoms with Crippen LogP contribution in [0.3, 0.4) is 0 Å². The zero-order chi connectivity index (χ0) is 44.3. The summed E-state index contributed by atoms with van der Waals surface area (Å²) in [6.45, 7) is 9.64. The maximum atomic E-state index is 6.42. The molecule has 0 amide bonds. The van der Waals surface area contributed by atoms with Crippen LogP contribution in [0.15, 0.2) is 217 Å². The fourth-order valence-corrected chi connectivity index (χ4v) is 11.8. The average Bonchev–Trinajstić information content (AvgIpc) is 3.93. The Bertz CT molecular complexity index is 3600. The Morgan fingerprint density at radius 2 is 0.742 bits per heavy atom. The summed E-state index contributed by atoms with van der Waals surface area (Å²) in [5, 5.41) is 4.79. The van der Waals surface area contributed by atoms with Crippen LogP contribution >= 0.6 is 0 Å². The van der Waals surface area contributed by atoms with Crippen LogP contribution in [0.1, 0.15) is 72.6 Å². The van der Waals surface area contributed by atoms with Gasteiger partial charge in [0.1, 0.15) is 11.2 Å². The molecule has 0 unspecified atom stereocenters. The van der Waals surface area contributed by atoms with Gasteiger partial charge < -0.3 is 4.42 Å². The summed E-state index contributed by atoms with van der Waals surface area (Å²) >= 11 is 0. The highest BCUT2D eigenvalue weighted by Crippen LogP contribution is 2.54. The van der Waals surface area contributed by atoms with Crippen LogP contribution in [0.4, 0.5) is 0 Å². The van der Waals surface area contributed by atoms with E-state index in [2.05, 4.69) is 234 Å². The van der Waals surface area contributed by atoms with Gasteiger partial charge in [0.05, 0.1) is 0 Å². The second-order valence-electron chi connectivity index (χ2n) is 19.6. The molecule has 1 heteroatoms. The maximum Gasteiger partial charge on any atom is 0.136 e. The van der Waals surface area contributed by atoms with Crippen molar-refractivity contribution in [1.82, 2.24) is 0 Å². The normalized spacial score (nSPS) is 14.1. The molecule has 2 aliphatic carbocycles. The number of para-hydroxylation sites is 1. The number of hydrogen-bond acceptors (Lipinski definition) is 1. The lowest BCUT2D eigenvalue weighted by atomic mass is 9.76. The van der Waals surface area contributed by atoms with Crippen molar-refractivity contribution in [1.29, 1.82) is 0 Å². The highest BCUT2D eigenvalue weighted by Gasteiger charge is 2.39. The Morgan fingerprint density at radius 3 is 1.32 bits per heavy atom. The molecule has 0 bridgehead atoms. The molecule has 0 saturated heterocycles. The molecule has 13 rings (SSSR count). The first kappa shape index (κ1) is 38.7. The van der Waals surface area contributed by atoms with E-state index in [9.17, 15) is 0 Å². The lowest BCUT2D eigenvalue weighted by Gasteiger charge is -2.27. The first-order chi connectivity index (χ1) is 32.2. The summed E-state index contributed by atoms with van der Waals surface area (Å²) in [5.41, 5.74) is 23.6. The van der Waals surface area contributed by atoms with Crippen molar-refractivity contribution in [2.75, 3.05) is 0 Å². The molecular weight excluding hydrogens is 797 g/mol. The quantitative estimate of drug-likeness (QED) is 0.152. The van der Waals surface area contributed by atoms with E-state index in [1.807, 2.05) is 6.07 Å². The molecule has 314 valence electrons. The third-order valence-corrected chi connectivity index (χ3v) is 15.2. The average molecular weight is 845 g/mol. The van der Waals surface area contributed by atoms with Crippen LogP contribution < -0.4 is 0 Å². The van der Waals surface area contributed by atoms with Gasteiger partial charge in [-0.1, -0.05) is 210 Å². The minimum Gasteiger partial charge on any atom is -0.456 e. The zero-order valence-corrected chi connectivity index (χ0v) is 37.7. The van der Waals surface area contributed by atoms with Crippen molar-refractivity contribution in [3.05, 3.63) is 251 Å². The van der Waals surface area contributed by atoms with E-state index in [4.69, 9.17) is 4.42 Å². The summed E-state index contributed by atoms with van der Waals surface area (Å²) in [6, 6.07) is 79.2. The maximum absolute atomic E-state index is 6.42. The summed E-state index contributed by atoms with van der Waals surface area (Å²) < 4.78 is 6.42. The Labute approximate surface area is 386 Å². The number of hydrogen-bond donors (Lipinski definition) is 0. The Kier molecular flexibility index (Phi) is 8.43. The van der Waals surface area contributed by atoms with Crippen LogP contribution in [-0.4, -0.2) is 0 Å². The van der Waals surface area contributed by atoms with Gasteiger partial charge in [0, 0.05) is 27.5 Å². The highest BCUT2D eigenvalue weighted by atomic mass is 16.3. The first-order valence-electron chi connectivity index (χ1n) is 23.4. The van der Waals surface area contributed by atoms with Crippen molar-refractivity contribution in [2.24, 2.45) is 0 Å². The van der Waals surface area contributed by atoms with E-state index in [1.165, 1.54) is 99.8 Å². The molecule has 2 aliphatic rings. The van der Waals surface area contributed by atoms with Crippen LogP contribution in [0.2, 0.25) is 0 Å². The summed E-state index contributed by atoms with van der Waals surface area (Å²) in [7, 11) is 0. The summed E-state index contributed by atoms with van der Waals surface area (Å²) in [4.78, 5) is 0. The van der Waals surface area contributed by atoms with E-state index in [1.54, 1.807) is 0 Å². The van der Waals surface area contributed by atoms with E-state index in [-0.39, 0.29) is 16.7 Å². The van der Waals surface area contributed by atoms with Gasteiger partial charge in [-0.2, -0.15) is 0 Å². The van der Waals surface area contributed by atoms with Crippen LogP contribution in [-0.2, 0) is 10.8 Å². The number of fused-ring (bicyclic) bond motifs is 10. The van der Waals surface area contributed by atoms with Gasteiger partial charge in [0.2, 0.25) is 0 Å². The van der Waals surface area contributed by atoms with Crippen molar-refractivity contribution >= 4 is 32.7 Å². The topological polar surface area (TPSA) is 13.1 Å². The van der Waals surface area contributed by atoms with Crippen molar-refractivity contribution < 1.29 is 4.42 Å². The smallest absolute Gasteiger partial charge is 0.136 e. The van der Waals surface area contributed by atoms with Gasteiger partial charge in [-0.15, -0.1) is 0 Å². The molecule has 0 spiro atoms. The molecule has 1 aromatic heterocycles. The number of rotatable bonds is 6. The molecule has 0 fully saturated rings. The van der Waals surface area contributed by atoms with Crippen LogP contribution in [0.25, 0.3) is 88.3 Å². The Hall–Kier alpha value is -7.74. The number of benzene rings is 10. The fourth-order valence-electron chi connectivity index (χ4n) is 11.8. The van der Waals surface area contributed by atoms with Crippen LogP contribution in [0.5, 0.6) is 0 Å². The second kappa shape index (κ2) is 14.4. The largest absolute Gasteiger partial charge is 0.456 e. The predicted octanol–water partition coefficient (Wildman–Crippen LogP) is 17.5. The predicted molar refractivity (Wildman–Crippen MR) is 276 cm³/mol. The highest BCUT2D eigenvalue weighted by molar-refractivity contribution is 6.07. The standard InChI is InChI=1S/C65H48O/c1-64(2)57-35-42(40-15-7-5-8-16-40)23-28-50(57)52-30-26-45(37-59(52)64)63(46-27-31-53-51-29-24-43(41-17-9-6-10-18-41)36-58(51)65(3,4)60(53)38-46)56-34-33-47(48-19-11-12-20-49(48)56)44-25-32-55-54-21-13-14-22-61(54)66-62(55)39-44/h5-39,63H,1-4H3. The van der Waals surface area contributed by atoms with Crippen molar-refractivity contribution in [3.63, 3.8) is 0 Å². The molecule has 0 N–H and O–H groups in total. The molecule has 0 aliphatic heterocycles. The van der Waals surface area contributed by atoms with Crippen molar-refractivity contribution in [3.8, 4) is 55.6 Å². The number of furan rings is 1. The minimum absolute atomic E-state index is 0.0313. The summed E-state index contributed by atoms with van der Waals surface area (Å²) in [5.74, 6) is -0.0313. The third-order valence-electron chi connectivity index (χ3n) is 15.2.